The first-order valence-electron chi connectivity index (χ1n) is 8.31. The lowest BCUT2D eigenvalue weighted by Crippen LogP contribution is -2.36. The summed E-state index contributed by atoms with van der Waals surface area (Å²) in [5, 5.41) is 10.1. The molecule has 1 N–H and O–H groups in total. The molecule has 24 heavy (non-hydrogen) atoms. The summed E-state index contributed by atoms with van der Waals surface area (Å²) in [6.45, 7) is 11.8. The third-order valence-electron chi connectivity index (χ3n) is 4.55. The molecular formula is C17H25N3O3S. The molecule has 1 unspecified atom stereocenters. The maximum Gasteiger partial charge on any atom is 0.326 e. The summed E-state index contributed by atoms with van der Waals surface area (Å²) in [6, 6.07) is -0.889. The van der Waals surface area contributed by atoms with Gasteiger partial charge in [0.1, 0.15) is 16.7 Å². The fraction of sp³-hybridized carbons (Fsp3) is 0.588. The van der Waals surface area contributed by atoms with Crippen molar-refractivity contribution < 1.29 is 9.90 Å². The first kappa shape index (κ1) is 18.6. The molecule has 0 amide bonds. The first-order valence-corrected chi connectivity index (χ1v) is 9.13. The van der Waals surface area contributed by atoms with Gasteiger partial charge < -0.3 is 5.11 Å². The number of thiophene rings is 1. The van der Waals surface area contributed by atoms with Crippen molar-refractivity contribution in [2.45, 2.75) is 53.6 Å². The minimum Gasteiger partial charge on any atom is -0.480 e. The number of carbonyl (C=O) groups is 1. The summed E-state index contributed by atoms with van der Waals surface area (Å²) in [5.74, 6) is -0.460. The number of hydrogen-bond acceptors (Lipinski definition) is 5. The lowest BCUT2D eigenvalue weighted by Gasteiger charge is -2.23. The van der Waals surface area contributed by atoms with Crippen LogP contribution in [0.4, 0.5) is 0 Å². The smallest absolute Gasteiger partial charge is 0.326 e. The number of aromatic nitrogens is 2. The molecule has 0 saturated carbocycles. The second-order valence-electron chi connectivity index (χ2n) is 5.89. The maximum absolute atomic E-state index is 13.1. The van der Waals surface area contributed by atoms with Gasteiger partial charge in [-0.1, -0.05) is 20.8 Å². The summed E-state index contributed by atoms with van der Waals surface area (Å²) in [4.78, 5) is 33.3. The van der Waals surface area contributed by atoms with Crippen LogP contribution >= 0.6 is 11.3 Å². The highest BCUT2D eigenvalue weighted by atomic mass is 32.1. The molecule has 132 valence electrons. The van der Waals surface area contributed by atoms with Gasteiger partial charge in [-0.15, -0.1) is 11.3 Å². The Morgan fingerprint density at radius 1 is 1.29 bits per heavy atom. The van der Waals surface area contributed by atoms with E-state index in [1.807, 2.05) is 27.7 Å². The van der Waals surface area contributed by atoms with Crippen LogP contribution in [0.25, 0.3) is 10.2 Å². The number of fused-ring (bicyclic) bond motifs is 1. The van der Waals surface area contributed by atoms with Gasteiger partial charge in [0.25, 0.3) is 5.56 Å². The van der Waals surface area contributed by atoms with Gasteiger partial charge in [-0.05, 0) is 38.9 Å². The highest BCUT2D eigenvalue weighted by Crippen LogP contribution is 2.27. The van der Waals surface area contributed by atoms with Crippen LogP contribution in [0, 0.1) is 13.8 Å². The predicted molar refractivity (Wildman–Crippen MR) is 96.9 cm³/mol. The molecule has 6 nitrogen and oxygen atoms in total. The molecule has 7 heteroatoms. The fourth-order valence-electron chi connectivity index (χ4n) is 2.90. The second-order valence-corrected chi connectivity index (χ2v) is 7.09. The zero-order chi connectivity index (χ0) is 18.0. The molecule has 1 atom stereocenters. The van der Waals surface area contributed by atoms with E-state index in [0.717, 1.165) is 23.5 Å². The number of carboxylic acid groups (broad SMARTS) is 1. The van der Waals surface area contributed by atoms with Crippen LogP contribution in [0.1, 0.15) is 49.5 Å². The SMILES string of the molecule is CCC(C(=O)O)n1c(CN(CC)CC)nc2sc(C)c(C)c2c1=O. The van der Waals surface area contributed by atoms with Gasteiger partial charge in [-0.2, -0.15) is 0 Å². The van der Waals surface area contributed by atoms with E-state index in [4.69, 9.17) is 0 Å². The Morgan fingerprint density at radius 2 is 1.92 bits per heavy atom. The Bertz CT molecular complexity index is 805. The predicted octanol–water partition coefficient (Wildman–Crippen LogP) is 2.95. The summed E-state index contributed by atoms with van der Waals surface area (Å²) in [7, 11) is 0. The molecule has 0 aliphatic rings. The summed E-state index contributed by atoms with van der Waals surface area (Å²) >= 11 is 1.50. The largest absolute Gasteiger partial charge is 0.480 e. The summed E-state index contributed by atoms with van der Waals surface area (Å²) in [6.07, 6.45) is 0.343. The van der Waals surface area contributed by atoms with Crippen LogP contribution < -0.4 is 5.56 Å². The molecule has 2 aromatic heterocycles. The molecule has 0 aliphatic heterocycles. The van der Waals surface area contributed by atoms with Gasteiger partial charge in [0.15, 0.2) is 0 Å². The van der Waals surface area contributed by atoms with Crippen LogP contribution in [0.3, 0.4) is 0 Å². The second kappa shape index (κ2) is 7.44. The Kier molecular flexibility index (Phi) is 5.77. The van der Waals surface area contributed by atoms with Crippen molar-refractivity contribution in [2.75, 3.05) is 13.1 Å². The molecule has 2 aromatic rings. The van der Waals surface area contributed by atoms with Crippen LogP contribution in [0.5, 0.6) is 0 Å². The molecule has 0 fully saturated rings. The van der Waals surface area contributed by atoms with Gasteiger partial charge in [0.2, 0.25) is 0 Å². The molecule has 2 heterocycles. The number of rotatable bonds is 7. The molecule has 0 spiro atoms. The first-order chi connectivity index (χ1) is 11.3. The Hall–Kier alpha value is -1.73. The van der Waals surface area contributed by atoms with E-state index in [1.165, 1.54) is 15.9 Å². The van der Waals surface area contributed by atoms with Crippen molar-refractivity contribution in [2.24, 2.45) is 0 Å². The monoisotopic (exact) mass is 351 g/mol. The summed E-state index contributed by atoms with van der Waals surface area (Å²) in [5.41, 5.74) is 0.661. The van der Waals surface area contributed by atoms with Crippen molar-refractivity contribution in [3.63, 3.8) is 0 Å². The number of hydrogen-bond donors (Lipinski definition) is 1. The van der Waals surface area contributed by atoms with Gasteiger partial charge >= 0.3 is 5.97 Å². The van der Waals surface area contributed by atoms with E-state index in [2.05, 4.69) is 9.88 Å². The standard InChI is InChI=1S/C17H25N3O3S/c1-6-12(17(22)23)20-13(9-19(7-2)8-3)18-15-14(16(20)21)10(4)11(5)24-15/h12H,6-9H2,1-5H3,(H,22,23). The minimum atomic E-state index is -0.994. The van der Waals surface area contributed by atoms with Crippen LogP contribution in [0.15, 0.2) is 4.79 Å². The van der Waals surface area contributed by atoms with Gasteiger partial charge in [-0.25, -0.2) is 9.78 Å². The zero-order valence-electron chi connectivity index (χ0n) is 14.9. The van der Waals surface area contributed by atoms with Crippen molar-refractivity contribution in [3.8, 4) is 0 Å². The quantitative estimate of drug-likeness (QED) is 0.830. The minimum absolute atomic E-state index is 0.238. The van der Waals surface area contributed by atoms with Gasteiger partial charge in [0.05, 0.1) is 11.9 Å². The lowest BCUT2D eigenvalue weighted by atomic mass is 10.2. The van der Waals surface area contributed by atoms with E-state index < -0.39 is 12.0 Å². The van der Waals surface area contributed by atoms with Crippen LogP contribution in [0.2, 0.25) is 0 Å². The van der Waals surface area contributed by atoms with E-state index in [-0.39, 0.29) is 5.56 Å². The van der Waals surface area contributed by atoms with Crippen molar-refractivity contribution in [1.29, 1.82) is 0 Å². The topological polar surface area (TPSA) is 75.4 Å². The lowest BCUT2D eigenvalue weighted by molar-refractivity contribution is -0.141. The number of carboxylic acids is 1. The fourth-order valence-corrected chi connectivity index (χ4v) is 3.93. The molecule has 0 aromatic carbocycles. The van der Waals surface area contributed by atoms with E-state index in [9.17, 15) is 14.7 Å². The average Bonchev–Trinajstić information content (AvgIpc) is 2.82. The molecule has 2 rings (SSSR count). The molecule has 0 bridgehead atoms. The normalized spacial score (nSPS) is 12.9. The van der Waals surface area contributed by atoms with Crippen molar-refractivity contribution in [3.05, 3.63) is 26.6 Å². The third-order valence-corrected chi connectivity index (χ3v) is 5.65. The number of nitrogens with zero attached hydrogens (tertiary/aromatic N) is 3. The van der Waals surface area contributed by atoms with Crippen LogP contribution in [-0.4, -0.2) is 38.6 Å². The average molecular weight is 351 g/mol. The maximum atomic E-state index is 13.1. The Balaban J connectivity index is 2.78. The molecular weight excluding hydrogens is 326 g/mol. The molecule has 0 saturated heterocycles. The third kappa shape index (κ3) is 3.23. The Morgan fingerprint density at radius 3 is 2.42 bits per heavy atom. The van der Waals surface area contributed by atoms with E-state index >= 15 is 0 Å². The van der Waals surface area contributed by atoms with Gasteiger partial charge in [0, 0.05) is 4.88 Å². The molecule has 0 aliphatic carbocycles. The zero-order valence-corrected chi connectivity index (χ0v) is 15.7. The Labute approximate surface area is 145 Å². The van der Waals surface area contributed by atoms with E-state index in [1.54, 1.807) is 6.92 Å². The highest BCUT2D eigenvalue weighted by molar-refractivity contribution is 7.18. The number of aryl methyl sites for hydroxylation is 2. The highest BCUT2D eigenvalue weighted by Gasteiger charge is 2.26. The molecule has 0 radical (unpaired) electrons. The van der Waals surface area contributed by atoms with Crippen molar-refractivity contribution >= 4 is 27.5 Å². The van der Waals surface area contributed by atoms with Crippen LogP contribution in [-0.2, 0) is 11.3 Å². The van der Waals surface area contributed by atoms with E-state index in [0.29, 0.717) is 29.0 Å². The van der Waals surface area contributed by atoms with Crippen molar-refractivity contribution in [1.82, 2.24) is 14.5 Å². The van der Waals surface area contributed by atoms with Gasteiger partial charge in [-0.3, -0.25) is 14.3 Å². The summed E-state index contributed by atoms with van der Waals surface area (Å²) < 4.78 is 1.39. The number of aliphatic carboxylic acids is 1.